The van der Waals surface area contributed by atoms with E-state index in [1.807, 2.05) is 0 Å². The second kappa shape index (κ2) is 6.26. The van der Waals surface area contributed by atoms with Gasteiger partial charge in [0.05, 0.1) is 18.1 Å². The number of non-ortho nitro benzene ring substituents is 1. The molecule has 19 heavy (non-hydrogen) atoms. The molecule has 7 heteroatoms. The summed E-state index contributed by atoms with van der Waals surface area (Å²) in [5.74, 6) is 1.34. The van der Waals surface area contributed by atoms with Crippen LogP contribution >= 0.6 is 0 Å². The first-order chi connectivity index (χ1) is 8.97. The summed E-state index contributed by atoms with van der Waals surface area (Å²) >= 11 is 0. The van der Waals surface area contributed by atoms with Crippen molar-refractivity contribution in [1.29, 1.82) is 0 Å². The summed E-state index contributed by atoms with van der Waals surface area (Å²) in [7, 11) is 1.36. The Bertz CT molecular complexity index is 535. The van der Waals surface area contributed by atoms with Gasteiger partial charge in [0.15, 0.2) is 0 Å². The Hall–Kier alpha value is -2.75. The Balaban J connectivity index is 3.05. The summed E-state index contributed by atoms with van der Waals surface area (Å²) in [6, 6.07) is 2.90. The predicted octanol–water partition coefficient (Wildman–Crippen LogP) is 1.49. The van der Waals surface area contributed by atoms with Crippen molar-refractivity contribution < 1.29 is 19.6 Å². The first-order valence-corrected chi connectivity index (χ1v) is 5.24. The van der Waals surface area contributed by atoms with Gasteiger partial charge in [0.2, 0.25) is 0 Å². The Morgan fingerprint density at radius 2 is 2.32 bits per heavy atom. The molecule has 1 unspecified atom stereocenters. The number of methoxy groups -OCH3 is 1. The summed E-state index contributed by atoms with van der Waals surface area (Å²) in [4.78, 5) is 21.1. The number of hydrogen-bond donors (Lipinski definition) is 2. The minimum atomic E-state index is -1.14. The van der Waals surface area contributed by atoms with Gasteiger partial charge in [0, 0.05) is 24.2 Å². The highest BCUT2D eigenvalue weighted by molar-refractivity contribution is 5.78. The fraction of sp³-hybridized carbons (Fsp3) is 0.250. The third-order valence-electron chi connectivity index (χ3n) is 2.30. The van der Waals surface area contributed by atoms with E-state index in [0.29, 0.717) is 0 Å². The number of terminal acetylenes is 1. The van der Waals surface area contributed by atoms with Crippen LogP contribution in [0.4, 0.5) is 11.4 Å². The standard InChI is InChI=1S/C12H12N2O5/c1-3-4-11(12(15)16)13-8-5-9(14(17)18)7-10(6-8)19-2/h1,5-7,11,13H,4H2,2H3,(H,15,16). The third-order valence-corrected chi connectivity index (χ3v) is 2.30. The molecule has 0 radical (unpaired) electrons. The Kier molecular flexibility index (Phi) is 4.71. The van der Waals surface area contributed by atoms with Crippen LogP contribution in [0, 0.1) is 22.5 Å². The summed E-state index contributed by atoms with van der Waals surface area (Å²) in [6.07, 6.45) is 5.03. The van der Waals surface area contributed by atoms with Crippen LogP contribution in [0.15, 0.2) is 18.2 Å². The van der Waals surface area contributed by atoms with E-state index in [0.717, 1.165) is 0 Å². The van der Waals surface area contributed by atoms with Gasteiger partial charge in [0.1, 0.15) is 11.8 Å². The molecule has 0 aliphatic rings. The number of nitrogens with zero attached hydrogens (tertiary/aromatic N) is 1. The Morgan fingerprint density at radius 1 is 1.63 bits per heavy atom. The van der Waals surface area contributed by atoms with Crippen molar-refractivity contribution in [1.82, 2.24) is 0 Å². The van der Waals surface area contributed by atoms with Gasteiger partial charge in [-0.2, -0.15) is 0 Å². The van der Waals surface area contributed by atoms with E-state index in [4.69, 9.17) is 16.3 Å². The number of rotatable bonds is 6. The molecule has 7 nitrogen and oxygen atoms in total. The summed E-state index contributed by atoms with van der Waals surface area (Å²) in [5, 5.41) is 22.3. The molecule has 0 spiro atoms. The highest BCUT2D eigenvalue weighted by Gasteiger charge is 2.18. The van der Waals surface area contributed by atoms with Crippen LogP contribution in [0.2, 0.25) is 0 Å². The smallest absolute Gasteiger partial charge is 0.327 e. The highest BCUT2D eigenvalue weighted by Crippen LogP contribution is 2.26. The largest absolute Gasteiger partial charge is 0.496 e. The number of hydrogen-bond acceptors (Lipinski definition) is 5. The lowest BCUT2D eigenvalue weighted by Gasteiger charge is -2.13. The quantitative estimate of drug-likeness (QED) is 0.458. The van der Waals surface area contributed by atoms with Gasteiger partial charge in [-0.05, 0) is 0 Å². The lowest BCUT2D eigenvalue weighted by molar-refractivity contribution is -0.384. The maximum absolute atomic E-state index is 10.9. The minimum absolute atomic E-state index is 0.0413. The van der Waals surface area contributed by atoms with E-state index in [9.17, 15) is 14.9 Å². The molecule has 1 rings (SSSR count). The zero-order chi connectivity index (χ0) is 14.4. The van der Waals surface area contributed by atoms with Crippen LogP contribution in [0.5, 0.6) is 5.75 Å². The molecule has 0 saturated heterocycles. The molecule has 0 bridgehead atoms. The molecular formula is C12H12N2O5. The van der Waals surface area contributed by atoms with Gasteiger partial charge in [-0.1, -0.05) is 0 Å². The van der Waals surface area contributed by atoms with Crippen molar-refractivity contribution in [3.05, 3.63) is 28.3 Å². The van der Waals surface area contributed by atoms with Crippen molar-refractivity contribution in [3.8, 4) is 18.1 Å². The first-order valence-electron chi connectivity index (χ1n) is 5.24. The Morgan fingerprint density at radius 3 is 2.79 bits per heavy atom. The van der Waals surface area contributed by atoms with Crippen LogP contribution in [0.3, 0.4) is 0 Å². The molecule has 0 aromatic heterocycles. The van der Waals surface area contributed by atoms with Crippen LogP contribution in [-0.2, 0) is 4.79 Å². The Labute approximate surface area is 109 Å². The molecule has 0 fully saturated rings. The normalized spacial score (nSPS) is 11.2. The second-order valence-corrected chi connectivity index (χ2v) is 3.62. The van der Waals surface area contributed by atoms with E-state index in [-0.39, 0.29) is 23.5 Å². The summed E-state index contributed by atoms with van der Waals surface area (Å²) in [5.41, 5.74) is 0.0559. The second-order valence-electron chi connectivity index (χ2n) is 3.62. The van der Waals surface area contributed by atoms with E-state index in [1.165, 1.54) is 25.3 Å². The van der Waals surface area contributed by atoms with E-state index < -0.39 is 16.9 Å². The van der Waals surface area contributed by atoms with Gasteiger partial charge in [-0.25, -0.2) is 4.79 Å². The molecule has 2 N–H and O–H groups in total. The van der Waals surface area contributed by atoms with Gasteiger partial charge < -0.3 is 15.2 Å². The van der Waals surface area contributed by atoms with Gasteiger partial charge in [0.25, 0.3) is 5.69 Å². The van der Waals surface area contributed by atoms with Crippen LogP contribution in [0.1, 0.15) is 6.42 Å². The van der Waals surface area contributed by atoms with Gasteiger partial charge in [-0.3, -0.25) is 10.1 Å². The highest BCUT2D eigenvalue weighted by atomic mass is 16.6. The van der Waals surface area contributed by atoms with Crippen molar-refractivity contribution in [2.45, 2.75) is 12.5 Å². The molecule has 0 aliphatic carbocycles. The molecule has 100 valence electrons. The summed E-state index contributed by atoms with van der Waals surface area (Å²) < 4.78 is 4.92. The minimum Gasteiger partial charge on any atom is -0.496 e. The number of carbonyl (C=O) groups is 1. The van der Waals surface area contributed by atoms with E-state index in [2.05, 4.69) is 11.2 Å². The monoisotopic (exact) mass is 264 g/mol. The van der Waals surface area contributed by atoms with Crippen molar-refractivity contribution in [2.75, 3.05) is 12.4 Å². The van der Waals surface area contributed by atoms with Crippen molar-refractivity contribution in [2.24, 2.45) is 0 Å². The molecule has 0 amide bonds. The lowest BCUT2D eigenvalue weighted by Crippen LogP contribution is -2.28. The van der Waals surface area contributed by atoms with Crippen LogP contribution < -0.4 is 10.1 Å². The lowest BCUT2D eigenvalue weighted by atomic mass is 10.2. The van der Waals surface area contributed by atoms with E-state index in [1.54, 1.807) is 0 Å². The SMILES string of the molecule is C#CCC(Nc1cc(OC)cc([N+](=O)[O-])c1)C(=O)O. The zero-order valence-electron chi connectivity index (χ0n) is 10.1. The zero-order valence-corrected chi connectivity index (χ0v) is 10.1. The molecule has 1 atom stereocenters. The molecule has 0 saturated carbocycles. The van der Waals surface area contributed by atoms with Gasteiger partial charge in [-0.15, -0.1) is 12.3 Å². The number of nitrogens with one attached hydrogen (secondary N) is 1. The topological polar surface area (TPSA) is 102 Å². The van der Waals surface area contributed by atoms with E-state index >= 15 is 0 Å². The molecular weight excluding hydrogens is 252 g/mol. The number of anilines is 1. The molecule has 1 aromatic carbocycles. The molecule has 1 aromatic rings. The number of ether oxygens (including phenoxy) is 1. The number of aliphatic carboxylic acids is 1. The predicted molar refractivity (Wildman–Crippen MR) is 68.1 cm³/mol. The number of carboxylic acids is 1. The number of carboxylic acid groups (broad SMARTS) is 1. The fourth-order valence-electron chi connectivity index (χ4n) is 1.41. The van der Waals surface area contributed by atoms with Crippen LogP contribution in [-0.4, -0.2) is 29.2 Å². The average Bonchev–Trinajstić information content (AvgIpc) is 2.37. The number of nitro groups is 1. The number of nitro benzene ring substituents is 1. The van der Waals surface area contributed by atoms with Crippen molar-refractivity contribution in [3.63, 3.8) is 0 Å². The fourth-order valence-corrected chi connectivity index (χ4v) is 1.41. The summed E-state index contributed by atoms with van der Waals surface area (Å²) in [6.45, 7) is 0. The molecule has 0 aliphatic heterocycles. The van der Waals surface area contributed by atoms with Crippen LogP contribution in [0.25, 0.3) is 0 Å². The molecule has 0 heterocycles. The number of benzene rings is 1. The first kappa shape index (κ1) is 14.3. The van der Waals surface area contributed by atoms with Gasteiger partial charge >= 0.3 is 5.97 Å². The third kappa shape index (κ3) is 3.89. The maximum atomic E-state index is 10.9. The maximum Gasteiger partial charge on any atom is 0.327 e. The average molecular weight is 264 g/mol. The van der Waals surface area contributed by atoms with Crippen molar-refractivity contribution >= 4 is 17.3 Å².